The first-order chi connectivity index (χ1) is 16.2. The zero-order valence-corrected chi connectivity index (χ0v) is 20.3. The maximum atomic E-state index is 15.4. The van der Waals surface area contributed by atoms with Gasteiger partial charge >= 0.3 is 7.12 Å². The normalized spacial score (nSPS) is 14.3. The molecule has 3 heterocycles. The van der Waals surface area contributed by atoms with Crippen molar-refractivity contribution in [3.63, 3.8) is 0 Å². The largest absolute Gasteiger partial charge is 0.551 e. The standard InChI is InChI=1S/C26H26BFN6/c1-16-14-18(3)29-24(16)20(5)25-17(2)15-19(4)34(25)27(28)13-7-8-22-9-11-23(12-10-22)26-32-30-21(6)31-33-26/h9-12,14-15H,8H2,1-6H3/b24-20-. The predicted molar refractivity (Wildman–Crippen MR) is 135 cm³/mol. The van der Waals surface area contributed by atoms with Crippen LogP contribution in [0.3, 0.4) is 0 Å². The number of hydrogen-bond donors (Lipinski definition) is 0. The van der Waals surface area contributed by atoms with Gasteiger partial charge in [-0.2, -0.15) is 0 Å². The molecule has 1 aromatic carbocycles. The van der Waals surface area contributed by atoms with Crippen molar-refractivity contribution in [2.75, 3.05) is 0 Å². The van der Waals surface area contributed by atoms with Crippen molar-refractivity contribution in [3.05, 3.63) is 76.0 Å². The van der Waals surface area contributed by atoms with E-state index in [4.69, 9.17) is 0 Å². The third kappa shape index (κ3) is 4.74. The highest BCUT2D eigenvalue weighted by atomic mass is 19.1. The van der Waals surface area contributed by atoms with Crippen LogP contribution in [0.2, 0.25) is 0 Å². The van der Waals surface area contributed by atoms with Crippen LogP contribution in [0, 0.1) is 32.5 Å². The fourth-order valence-corrected chi connectivity index (χ4v) is 4.22. The second kappa shape index (κ2) is 9.56. The molecule has 0 aliphatic carbocycles. The van der Waals surface area contributed by atoms with E-state index in [0.29, 0.717) is 18.1 Å². The number of aliphatic imine (C=N–C) groups is 1. The van der Waals surface area contributed by atoms with E-state index in [-0.39, 0.29) is 0 Å². The minimum atomic E-state index is -1.45. The molecule has 0 amide bonds. The first-order valence-corrected chi connectivity index (χ1v) is 11.1. The fourth-order valence-electron chi connectivity index (χ4n) is 4.22. The van der Waals surface area contributed by atoms with Gasteiger partial charge in [-0.3, -0.25) is 9.31 Å². The third-order valence-corrected chi connectivity index (χ3v) is 5.75. The van der Waals surface area contributed by atoms with Crippen LogP contribution in [-0.2, 0) is 6.42 Å². The van der Waals surface area contributed by atoms with Gasteiger partial charge < -0.3 is 4.48 Å². The Morgan fingerprint density at radius 3 is 2.29 bits per heavy atom. The summed E-state index contributed by atoms with van der Waals surface area (Å²) in [5.74, 6) is 6.78. The number of hydrogen-bond acceptors (Lipinski definition) is 5. The second-order valence-corrected chi connectivity index (χ2v) is 8.54. The maximum Gasteiger partial charge on any atom is 0.551 e. The van der Waals surface area contributed by atoms with Crippen molar-refractivity contribution in [2.45, 2.75) is 48.0 Å². The molecule has 34 heavy (non-hydrogen) atoms. The average Bonchev–Trinajstić information content (AvgIpc) is 3.30. The molecule has 0 N–H and O–H groups in total. The molecule has 0 unspecified atom stereocenters. The Kier molecular flexibility index (Phi) is 6.55. The maximum absolute atomic E-state index is 15.4. The SMILES string of the molecule is CC1=CC(C)=N/C1=C(/C)c1c(C)cc(C)n1B(F)C#CCc1ccc(-c2nnc(C)nn2)cc1. The van der Waals surface area contributed by atoms with E-state index < -0.39 is 7.12 Å². The molecule has 0 saturated heterocycles. The van der Waals surface area contributed by atoms with E-state index >= 15 is 4.32 Å². The van der Waals surface area contributed by atoms with Crippen LogP contribution in [0.1, 0.15) is 49.1 Å². The fraction of sp³-hybridized carbons (Fsp3) is 0.269. The smallest absolute Gasteiger partial charge is 0.348 e. The van der Waals surface area contributed by atoms with Crippen LogP contribution in [-0.4, -0.2) is 37.7 Å². The predicted octanol–water partition coefficient (Wildman–Crippen LogP) is 4.90. The van der Waals surface area contributed by atoms with Crippen molar-refractivity contribution in [3.8, 4) is 23.1 Å². The first kappa shape index (κ1) is 23.3. The van der Waals surface area contributed by atoms with Crippen molar-refractivity contribution in [2.24, 2.45) is 4.99 Å². The molecule has 6 nitrogen and oxygen atoms in total. The quantitative estimate of drug-likeness (QED) is 0.417. The molecule has 4 rings (SSSR count). The highest BCUT2D eigenvalue weighted by molar-refractivity contribution is 6.59. The van der Waals surface area contributed by atoms with Gasteiger partial charge in [-0.1, -0.05) is 30.1 Å². The molecule has 1 aliphatic rings. The summed E-state index contributed by atoms with van der Waals surface area (Å²) in [4.78, 5) is 4.65. The van der Waals surface area contributed by atoms with Crippen molar-refractivity contribution in [1.82, 2.24) is 24.9 Å². The Morgan fingerprint density at radius 1 is 1.00 bits per heavy atom. The van der Waals surface area contributed by atoms with Crippen LogP contribution < -0.4 is 0 Å². The zero-order valence-electron chi connectivity index (χ0n) is 20.3. The van der Waals surface area contributed by atoms with Gasteiger partial charge in [0, 0.05) is 29.1 Å². The number of aryl methyl sites for hydroxylation is 3. The van der Waals surface area contributed by atoms with Gasteiger partial charge in [-0.15, -0.1) is 26.3 Å². The highest BCUT2D eigenvalue weighted by Gasteiger charge is 2.25. The van der Waals surface area contributed by atoms with E-state index in [1.807, 2.05) is 71.0 Å². The molecular weight excluding hydrogens is 426 g/mol. The first-order valence-electron chi connectivity index (χ1n) is 11.1. The van der Waals surface area contributed by atoms with Crippen LogP contribution in [0.25, 0.3) is 17.0 Å². The van der Waals surface area contributed by atoms with Crippen molar-refractivity contribution < 1.29 is 4.32 Å². The van der Waals surface area contributed by atoms with E-state index in [0.717, 1.165) is 50.6 Å². The topological polar surface area (TPSA) is 68.8 Å². The molecule has 0 radical (unpaired) electrons. The van der Waals surface area contributed by atoms with Crippen molar-refractivity contribution >= 4 is 18.4 Å². The average molecular weight is 452 g/mol. The molecule has 170 valence electrons. The van der Waals surface area contributed by atoms with Crippen LogP contribution in [0.4, 0.5) is 4.32 Å². The Balaban J connectivity index is 1.54. The van der Waals surface area contributed by atoms with Gasteiger partial charge in [-0.25, -0.2) is 0 Å². The lowest BCUT2D eigenvalue weighted by Gasteiger charge is -2.13. The summed E-state index contributed by atoms with van der Waals surface area (Å²) in [6.45, 7) is 11.6. The Labute approximate surface area is 199 Å². The Morgan fingerprint density at radius 2 is 1.68 bits per heavy atom. The van der Waals surface area contributed by atoms with Gasteiger partial charge in [-0.05, 0) is 76.0 Å². The summed E-state index contributed by atoms with van der Waals surface area (Å²) >= 11 is 0. The molecule has 8 heteroatoms. The molecule has 0 bridgehead atoms. The molecule has 3 aromatic rings. The number of aromatic nitrogens is 5. The monoisotopic (exact) mass is 452 g/mol. The number of benzene rings is 1. The third-order valence-electron chi connectivity index (χ3n) is 5.75. The van der Waals surface area contributed by atoms with Crippen LogP contribution in [0.15, 0.2) is 52.7 Å². The van der Waals surface area contributed by atoms with E-state index in [1.54, 1.807) is 11.4 Å². The summed E-state index contributed by atoms with van der Waals surface area (Å²) in [5, 5.41) is 16.0. The van der Waals surface area contributed by atoms with Gasteiger partial charge in [0.05, 0.1) is 5.70 Å². The van der Waals surface area contributed by atoms with Crippen LogP contribution in [0.5, 0.6) is 0 Å². The molecule has 0 spiro atoms. The number of allylic oxidation sites excluding steroid dienone is 3. The summed E-state index contributed by atoms with van der Waals surface area (Å²) in [6, 6.07) is 9.64. The van der Waals surface area contributed by atoms with Gasteiger partial charge in [0.25, 0.3) is 0 Å². The lowest BCUT2D eigenvalue weighted by molar-refractivity contribution is 0.801. The van der Waals surface area contributed by atoms with Gasteiger partial charge in [0.15, 0.2) is 5.82 Å². The molecule has 0 saturated carbocycles. The molecular formula is C26H26BFN6. The minimum Gasteiger partial charge on any atom is -0.348 e. The molecule has 0 atom stereocenters. The summed E-state index contributed by atoms with van der Waals surface area (Å²) in [5.41, 5.74) is 8.40. The van der Waals surface area contributed by atoms with Crippen molar-refractivity contribution in [1.29, 1.82) is 0 Å². The lowest BCUT2D eigenvalue weighted by Crippen LogP contribution is -2.21. The Hall–Kier alpha value is -3.86. The van der Waals surface area contributed by atoms with E-state index in [1.165, 1.54) is 0 Å². The summed E-state index contributed by atoms with van der Waals surface area (Å²) < 4.78 is 17.1. The molecule has 1 aliphatic heterocycles. The van der Waals surface area contributed by atoms with E-state index in [9.17, 15) is 0 Å². The second-order valence-electron chi connectivity index (χ2n) is 8.54. The Bertz CT molecular complexity index is 1390. The lowest BCUT2D eigenvalue weighted by atomic mass is 9.86. The highest BCUT2D eigenvalue weighted by Crippen LogP contribution is 2.31. The van der Waals surface area contributed by atoms with Gasteiger partial charge in [0.2, 0.25) is 5.82 Å². The zero-order chi connectivity index (χ0) is 24.4. The van der Waals surface area contributed by atoms with Gasteiger partial charge in [0.1, 0.15) is 0 Å². The number of halogens is 1. The molecule has 0 fully saturated rings. The van der Waals surface area contributed by atoms with Crippen LogP contribution >= 0.6 is 0 Å². The summed E-state index contributed by atoms with van der Waals surface area (Å²) in [6.07, 6.45) is 2.48. The number of nitrogens with zero attached hydrogens (tertiary/aromatic N) is 6. The minimum absolute atomic E-state index is 0.437. The van der Waals surface area contributed by atoms with E-state index in [2.05, 4.69) is 37.1 Å². The summed E-state index contributed by atoms with van der Waals surface area (Å²) in [7, 11) is -1.45. The number of rotatable bonds is 4. The molecule has 2 aromatic heterocycles.